The third-order valence-corrected chi connectivity index (χ3v) is 5.43. The van der Waals surface area contributed by atoms with Gasteiger partial charge in [-0.25, -0.2) is 4.99 Å². The summed E-state index contributed by atoms with van der Waals surface area (Å²) >= 11 is 7.93. The molecule has 0 amide bonds. The third kappa shape index (κ3) is 3.00. The van der Waals surface area contributed by atoms with Gasteiger partial charge in [-0.2, -0.15) is 5.10 Å². The molecule has 2 aromatic rings. The molecule has 0 bridgehead atoms. The molecule has 24 heavy (non-hydrogen) atoms. The molecule has 0 unspecified atom stereocenters. The molecule has 0 radical (unpaired) electrons. The van der Waals surface area contributed by atoms with Gasteiger partial charge >= 0.3 is 0 Å². The lowest BCUT2D eigenvalue weighted by Gasteiger charge is -2.17. The van der Waals surface area contributed by atoms with Crippen LogP contribution in [0.4, 0.5) is 5.69 Å². The van der Waals surface area contributed by atoms with Gasteiger partial charge in [0.1, 0.15) is 5.84 Å². The molecule has 0 atom stereocenters. The molecular formula is C18H17ClN4S. The van der Waals surface area contributed by atoms with Crippen molar-refractivity contribution < 1.29 is 0 Å². The first-order chi connectivity index (χ1) is 11.5. The van der Waals surface area contributed by atoms with Crippen LogP contribution in [0.2, 0.25) is 5.02 Å². The van der Waals surface area contributed by atoms with E-state index in [1.165, 1.54) is 0 Å². The number of hydrogen-bond acceptors (Lipinski definition) is 5. The van der Waals surface area contributed by atoms with Crippen molar-refractivity contribution in [2.24, 2.45) is 10.1 Å². The van der Waals surface area contributed by atoms with Crippen molar-refractivity contribution in [1.82, 2.24) is 10.7 Å². The van der Waals surface area contributed by atoms with Gasteiger partial charge in [-0.15, -0.1) is 11.3 Å². The highest BCUT2D eigenvalue weighted by atomic mass is 35.5. The zero-order valence-corrected chi connectivity index (χ0v) is 15.1. The normalized spacial score (nSPS) is 14.3. The molecule has 0 fully saturated rings. The van der Waals surface area contributed by atoms with E-state index in [1.54, 1.807) is 11.3 Å². The molecule has 1 aromatic carbocycles. The topological polar surface area (TPSA) is 48.8 Å². The van der Waals surface area contributed by atoms with Crippen LogP contribution in [-0.2, 0) is 0 Å². The number of aliphatic imine (C=N–C) groups is 1. The summed E-state index contributed by atoms with van der Waals surface area (Å²) in [6.07, 6.45) is 0. The Balaban J connectivity index is 2.05. The molecule has 0 aliphatic carbocycles. The van der Waals surface area contributed by atoms with Crippen molar-refractivity contribution in [1.29, 1.82) is 0 Å². The standard InChI is InChI=1S/C18H17ClN4S/c1-10(11(2)23-20-4)16-9-15-17(24-16)12(3)21-18(22-15)13-7-5-6-8-14(13)19/h5-9,23H,3-4H2,1-2H3,(H,21,22)/b11-10+. The SMILES string of the molecule is C=NN/C(C)=C(\C)c1cc2c(s1)C(=C)NC(c1ccccc1Cl)=N2. The summed E-state index contributed by atoms with van der Waals surface area (Å²) in [5, 5.41) is 7.63. The predicted molar refractivity (Wildman–Crippen MR) is 105 cm³/mol. The van der Waals surface area contributed by atoms with Gasteiger partial charge in [-0.3, -0.25) is 5.43 Å². The minimum Gasteiger partial charge on any atom is -0.339 e. The second kappa shape index (κ2) is 6.63. The fraction of sp³-hybridized carbons (Fsp3) is 0.111. The molecule has 4 nitrogen and oxygen atoms in total. The summed E-state index contributed by atoms with van der Waals surface area (Å²) in [5.41, 5.74) is 7.53. The second-order valence-electron chi connectivity index (χ2n) is 5.39. The first kappa shape index (κ1) is 16.5. The largest absolute Gasteiger partial charge is 0.339 e. The maximum Gasteiger partial charge on any atom is 0.139 e. The second-order valence-corrected chi connectivity index (χ2v) is 6.85. The summed E-state index contributed by atoms with van der Waals surface area (Å²) < 4.78 is 0. The van der Waals surface area contributed by atoms with Gasteiger partial charge in [0.25, 0.3) is 0 Å². The average molecular weight is 357 g/mol. The zero-order valence-electron chi connectivity index (χ0n) is 13.5. The van der Waals surface area contributed by atoms with Crippen LogP contribution < -0.4 is 10.7 Å². The van der Waals surface area contributed by atoms with E-state index >= 15 is 0 Å². The average Bonchev–Trinajstić information content (AvgIpc) is 2.99. The van der Waals surface area contributed by atoms with Crippen LogP contribution in [0.15, 0.2) is 52.7 Å². The lowest BCUT2D eigenvalue weighted by molar-refractivity contribution is 0.900. The Morgan fingerprint density at radius 2 is 2.08 bits per heavy atom. The number of nitrogens with zero attached hydrogens (tertiary/aromatic N) is 2. The summed E-state index contributed by atoms with van der Waals surface area (Å²) in [6.45, 7) is 11.6. The van der Waals surface area contributed by atoms with Crippen LogP contribution in [0.5, 0.6) is 0 Å². The fourth-order valence-electron chi connectivity index (χ4n) is 2.38. The van der Waals surface area contributed by atoms with Gasteiger partial charge < -0.3 is 5.32 Å². The quantitative estimate of drug-likeness (QED) is 0.597. The first-order valence-corrected chi connectivity index (χ1v) is 8.54. The molecule has 3 rings (SSSR count). The van der Waals surface area contributed by atoms with Crippen LogP contribution in [0, 0.1) is 0 Å². The van der Waals surface area contributed by atoms with E-state index in [4.69, 9.17) is 16.6 Å². The molecule has 0 spiro atoms. The molecule has 122 valence electrons. The summed E-state index contributed by atoms with van der Waals surface area (Å²) in [6, 6.07) is 9.69. The van der Waals surface area contributed by atoms with Gasteiger partial charge in [0.15, 0.2) is 0 Å². The van der Waals surface area contributed by atoms with E-state index in [1.807, 2.05) is 38.1 Å². The summed E-state index contributed by atoms with van der Waals surface area (Å²) in [5.74, 6) is 0.715. The van der Waals surface area contributed by atoms with E-state index in [-0.39, 0.29) is 0 Å². The smallest absolute Gasteiger partial charge is 0.139 e. The minimum absolute atomic E-state index is 0.656. The first-order valence-electron chi connectivity index (χ1n) is 7.34. The van der Waals surface area contributed by atoms with E-state index < -0.39 is 0 Å². The number of amidine groups is 1. The predicted octanol–water partition coefficient (Wildman–Crippen LogP) is 5.01. The molecule has 1 aliphatic rings. The number of halogens is 1. The zero-order chi connectivity index (χ0) is 17.3. The molecule has 0 saturated heterocycles. The Labute approximate surface area is 150 Å². The van der Waals surface area contributed by atoms with Crippen molar-refractivity contribution in [3.8, 4) is 0 Å². The molecule has 6 heteroatoms. The maximum atomic E-state index is 6.28. The van der Waals surface area contributed by atoms with Gasteiger partial charge in [0.2, 0.25) is 0 Å². The number of thiophene rings is 1. The van der Waals surface area contributed by atoms with Crippen molar-refractivity contribution in [2.45, 2.75) is 13.8 Å². The molecule has 2 heterocycles. The lowest BCUT2D eigenvalue weighted by Crippen LogP contribution is -2.24. The Kier molecular flexibility index (Phi) is 4.55. The Bertz CT molecular complexity index is 892. The minimum atomic E-state index is 0.656. The van der Waals surface area contributed by atoms with Crippen molar-refractivity contribution in [3.63, 3.8) is 0 Å². The van der Waals surface area contributed by atoms with Crippen LogP contribution >= 0.6 is 22.9 Å². The van der Waals surface area contributed by atoms with Crippen molar-refractivity contribution in [2.75, 3.05) is 0 Å². The number of nitrogens with one attached hydrogen (secondary N) is 2. The Morgan fingerprint density at radius 1 is 1.33 bits per heavy atom. The molecule has 2 N–H and O–H groups in total. The van der Waals surface area contributed by atoms with Gasteiger partial charge in [-0.1, -0.05) is 30.3 Å². The molecular weight excluding hydrogens is 340 g/mol. The van der Waals surface area contributed by atoms with Gasteiger partial charge in [-0.05, 0) is 37.6 Å². The number of hydrogen-bond donors (Lipinski definition) is 2. The highest BCUT2D eigenvalue weighted by Gasteiger charge is 2.21. The van der Waals surface area contributed by atoms with Crippen LogP contribution in [0.3, 0.4) is 0 Å². The van der Waals surface area contributed by atoms with Gasteiger partial charge in [0, 0.05) is 22.9 Å². The molecule has 1 aromatic heterocycles. The fourth-order valence-corrected chi connectivity index (χ4v) is 3.69. The molecule has 0 saturated carbocycles. The maximum absolute atomic E-state index is 6.28. The third-order valence-electron chi connectivity index (χ3n) is 3.80. The summed E-state index contributed by atoms with van der Waals surface area (Å²) in [7, 11) is 0. The molecule has 1 aliphatic heterocycles. The highest BCUT2D eigenvalue weighted by molar-refractivity contribution is 7.14. The van der Waals surface area contributed by atoms with E-state index in [9.17, 15) is 0 Å². The van der Waals surface area contributed by atoms with Gasteiger partial charge in [0.05, 0.1) is 21.3 Å². The number of fused-ring (bicyclic) bond motifs is 1. The monoisotopic (exact) mass is 356 g/mol. The van der Waals surface area contributed by atoms with E-state index in [0.717, 1.165) is 38.0 Å². The van der Waals surface area contributed by atoms with Crippen LogP contribution in [0.1, 0.15) is 29.2 Å². The number of rotatable bonds is 4. The Hall–Kier alpha value is -2.37. The lowest BCUT2D eigenvalue weighted by atomic mass is 10.1. The number of benzene rings is 1. The van der Waals surface area contributed by atoms with E-state index in [2.05, 4.69) is 35.2 Å². The summed E-state index contributed by atoms with van der Waals surface area (Å²) in [4.78, 5) is 6.87. The number of allylic oxidation sites excluding steroid dienone is 2. The highest BCUT2D eigenvalue weighted by Crippen LogP contribution is 2.40. The van der Waals surface area contributed by atoms with Crippen LogP contribution in [0.25, 0.3) is 11.3 Å². The Morgan fingerprint density at radius 3 is 2.79 bits per heavy atom. The van der Waals surface area contributed by atoms with Crippen molar-refractivity contribution >= 4 is 52.4 Å². The van der Waals surface area contributed by atoms with Crippen LogP contribution in [-0.4, -0.2) is 12.6 Å². The number of hydrazone groups is 1. The van der Waals surface area contributed by atoms with E-state index in [0.29, 0.717) is 10.9 Å². The van der Waals surface area contributed by atoms with Crippen molar-refractivity contribution in [3.05, 3.63) is 62.9 Å².